The molecular formula is C19H27ClO. The normalized spacial score (nSPS) is 30.5. The molecular weight excluding hydrogens is 280 g/mol. The fourth-order valence-corrected chi connectivity index (χ4v) is 4.99. The van der Waals surface area contributed by atoms with Crippen LogP contribution in [-0.2, 0) is 0 Å². The number of halogens is 1. The third-order valence-corrected chi connectivity index (χ3v) is 6.36. The van der Waals surface area contributed by atoms with E-state index in [1.54, 1.807) is 7.11 Å². The Bertz CT molecular complexity index is 484. The van der Waals surface area contributed by atoms with Crippen LogP contribution in [0.25, 0.3) is 0 Å². The molecule has 0 amide bonds. The van der Waals surface area contributed by atoms with Crippen LogP contribution in [0.3, 0.4) is 0 Å². The zero-order chi connectivity index (χ0) is 14.8. The van der Waals surface area contributed by atoms with Crippen molar-refractivity contribution in [1.82, 2.24) is 0 Å². The first kappa shape index (κ1) is 15.2. The largest absolute Gasteiger partial charge is 0.497 e. The molecule has 0 heterocycles. The first-order chi connectivity index (χ1) is 10.2. The maximum absolute atomic E-state index is 6.88. The van der Waals surface area contributed by atoms with Crippen molar-refractivity contribution in [2.75, 3.05) is 7.11 Å². The van der Waals surface area contributed by atoms with Crippen molar-refractivity contribution in [2.24, 2.45) is 17.8 Å². The molecule has 2 aliphatic carbocycles. The molecule has 3 rings (SSSR count). The molecule has 21 heavy (non-hydrogen) atoms. The summed E-state index contributed by atoms with van der Waals surface area (Å²) in [6.07, 6.45) is 9.83. The van der Waals surface area contributed by atoms with Gasteiger partial charge in [0.15, 0.2) is 0 Å². The van der Waals surface area contributed by atoms with E-state index in [9.17, 15) is 0 Å². The molecule has 0 radical (unpaired) electrons. The Labute approximate surface area is 134 Å². The summed E-state index contributed by atoms with van der Waals surface area (Å²) in [6.45, 7) is 2.15. The minimum absolute atomic E-state index is 0.166. The predicted molar refractivity (Wildman–Crippen MR) is 89.1 cm³/mol. The van der Waals surface area contributed by atoms with Gasteiger partial charge in [-0.2, -0.15) is 0 Å². The second kappa shape index (κ2) is 6.60. The van der Waals surface area contributed by atoms with Gasteiger partial charge in [-0.3, -0.25) is 0 Å². The Balaban J connectivity index is 1.71. The van der Waals surface area contributed by atoms with Crippen LogP contribution < -0.4 is 4.74 Å². The van der Waals surface area contributed by atoms with E-state index in [1.165, 1.54) is 56.1 Å². The number of rotatable bonds is 3. The van der Waals surface area contributed by atoms with Crippen LogP contribution in [0, 0.1) is 24.7 Å². The lowest BCUT2D eigenvalue weighted by Crippen LogP contribution is -2.29. The van der Waals surface area contributed by atoms with Crippen molar-refractivity contribution in [3.05, 3.63) is 29.3 Å². The first-order valence-electron chi connectivity index (χ1n) is 8.47. The van der Waals surface area contributed by atoms with E-state index in [4.69, 9.17) is 16.3 Å². The fraction of sp³-hybridized carbons (Fsp3) is 0.684. The van der Waals surface area contributed by atoms with Gasteiger partial charge in [0.25, 0.3) is 0 Å². The van der Waals surface area contributed by atoms with Crippen LogP contribution in [0.15, 0.2) is 18.2 Å². The highest BCUT2D eigenvalue weighted by molar-refractivity contribution is 6.21. The number of fused-ring (bicyclic) bond motifs is 1. The lowest BCUT2D eigenvalue weighted by atomic mass is 9.66. The van der Waals surface area contributed by atoms with Crippen LogP contribution in [0.1, 0.15) is 61.4 Å². The van der Waals surface area contributed by atoms with Crippen molar-refractivity contribution in [1.29, 1.82) is 0 Å². The zero-order valence-corrected chi connectivity index (χ0v) is 14.0. The van der Waals surface area contributed by atoms with E-state index in [1.807, 2.05) is 6.07 Å². The van der Waals surface area contributed by atoms with Crippen molar-refractivity contribution < 1.29 is 4.74 Å². The first-order valence-corrected chi connectivity index (χ1v) is 8.91. The third-order valence-electron chi connectivity index (χ3n) is 5.77. The van der Waals surface area contributed by atoms with E-state index < -0.39 is 0 Å². The fourth-order valence-electron chi connectivity index (χ4n) is 4.51. The Kier molecular flexibility index (Phi) is 4.78. The van der Waals surface area contributed by atoms with Gasteiger partial charge in [0.1, 0.15) is 5.75 Å². The summed E-state index contributed by atoms with van der Waals surface area (Å²) in [5.41, 5.74) is 2.57. The average Bonchev–Trinajstić information content (AvgIpc) is 2.53. The van der Waals surface area contributed by atoms with Gasteiger partial charge in [-0.25, -0.2) is 0 Å². The van der Waals surface area contributed by atoms with Gasteiger partial charge < -0.3 is 4.74 Å². The Morgan fingerprint density at radius 3 is 2.57 bits per heavy atom. The predicted octanol–water partition coefficient (Wildman–Crippen LogP) is 5.89. The summed E-state index contributed by atoms with van der Waals surface area (Å²) < 4.78 is 5.30. The minimum Gasteiger partial charge on any atom is -0.497 e. The van der Waals surface area contributed by atoms with Gasteiger partial charge >= 0.3 is 0 Å². The maximum Gasteiger partial charge on any atom is 0.119 e. The molecule has 0 spiro atoms. The van der Waals surface area contributed by atoms with Gasteiger partial charge in [0.2, 0.25) is 0 Å². The average molecular weight is 307 g/mol. The highest BCUT2D eigenvalue weighted by atomic mass is 35.5. The van der Waals surface area contributed by atoms with Crippen molar-refractivity contribution >= 4 is 11.6 Å². The number of methoxy groups -OCH3 is 1. The molecule has 4 atom stereocenters. The smallest absolute Gasteiger partial charge is 0.119 e. The van der Waals surface area contributed by atoms with Crippen LogP contribution in [0.5, 0.6) is 5.75 Å². The van der Waals surface area contributed by atoms with E-state index >= 15 is 0 Å². The summed E-state index contributed by atoms with van der Waals surface area (Å²) in [5, 5.41) is 0.166. The van der Waals surface area contributed by atoms with Crippen LogP contribution in [-0.4, -0.2) is 7.11 Å². The maximum atomic E-state index is 6.88. The zero-order valence-electron chi connectivity index (χ0n) is 13.3. The van der Waals surface area contributed by atoms with E-state index in [2.05, 4.69) is 19.1 Å². The molecule has 2 heteroatoms. The molecule has 4 unspecified atom stereocenters. The molecule has 116 valence electrons. The molecule has 1 aromatic carbocycles. The third kappa shape index (κ3) is 3.23. The molecule has 2 aliphatic rings. The topological polar surface area (TPSA) is 9.23 Å². The van der Waals surface area contributed by atoms with Gasteiger partial charge in [-0.15, -0.1) is 11.6 Å². The second-order valence-electron chi connectivity index (χ2n) is 7.00. The number of hydrogen-bond acceptors (Lipinski definition) is 1. The van der Waals surface area contributed by atoms with Crippen molar-refractivity contribution in [3.8, 4) is 5.75 Å². The number of alkyl halides is 1. The molecule has 2 saturated carbocycles. The van der Waals surface area contributed by atoms with E-state index in [0.29, 0.717) is 5.92 Å². The number of benzene rings is 1. The molecule has 1 aromatic rings. The van der Waals surface area contributed by atoms with E-state index in [0.717, 1.165) is 17.6 Å². The van der Waals surface area contributed by atoms with Gasteiger partial charge in [0.05, 0.1) is 12.5 Å². The van der Waals surface area contributed by atoms with E-state index in [-0.39, 0.29) is 5.38 Å². The van der Waals surface area contributed by atoms with Crippen molar-refractivity contribution in [3.63, 3.8) is 0 Å². The monoisotopic (exact) mass is 306 g/mol. The summed E-state index contributed by atoms with van der Waals surface area (Å²) in [7, 11) is 1.72. The highest BCUT2D eigenvalue weighted by Gasteiger charge is 2.35. The van der Waals surface area contributed by atoms with Gasteiger partial charge in [0, 0.05) is 0 Å². The number of ether oxygens (including phenoxy) is 1. The summed E-state index contributed by atoms with van der Waals surface area (Å²) in [6, 6.07) is 6.32. The quantitative estimate of drug-likeness (QED) is 0.633. The lowest BCUT2D eigenvalue weighted by Gasteiger charge is -2.41. The lowest BCUT2D eigenvalue weighted by molar-refractivity contribution is 0.127. The summed E-state index contributed by atoms with van der Waals surface area (Å²) in [5.74, 6) is 3.52. The van der Waals surface area contributed by atoms with Crippen LogP contribution >= 0.6 is 11.6 Å². The Morgan fingerprint density at radius 2 is 1.86 bits per heavy atom. The Morgan fingerprint density at radius 1 is 1.10 bits per heavy atom. The summed E-state index contributed by atoms with van der Waals surface area (Å²) in [4.78, 5) is 0. The summed E-state index contributed by atoms with van der Waals surface area (Å²) >= 11 is 6.88. The Hall–Kier alpha value is -0.690. The van der Waals surface area contributed by atoms with Crippen LogP contribution in [0.4, 0.5) is 0 Å². The molecule has 1 nitrogen and oxygen atoms in total. The minimum atomic E-state index is 0.166. The molecule has 0 N–H and O–H groups in total. The molecule has 0 bridgehead atoms. The standard InChI is InChI=1S/C19H27ClO/c1-13-11-17(21-2)9-10-18(13)19(20)16-8-7-14-5-3-4-6-15(14)12-16/h9-11,14-16,19H,3-8,12H2,1-2H3. The molecule has 0 aliphatic heterocycles. The molecule has 0 aromatic heterocycles. The molecule has 2 fully saturated rings. The van der Waals surface area contributed by atoms with Gasteiger partial charge in [-0.05, 0) is 67.2 Å². The SMILES string of the molecule is COc1ccc(C(Cl)C2CCC3CCCCC3C2)c(C)c1. The van der Waals surface area contributed by atoms with Crippen LogP contribution in [0.2, 0.25) is 0 Å². The van der Waals surface area contributed by atoms with Gasteiger partial charge in [-0.1, -0.05) is 31.7 Å². The number of aryl methyl sites for hydroxylation is 1. The highest BCUT2D eigenvalue weighted by Crippen LogP contribution is 2.48. The molecule has 0 saturated heterocycles. The second-order valence-corrected chi connectivity index (χ2v) is 7.47. The van der Waals surface area contributed by atoms with Crippen molar-refractivity contribution in [2.45, 2.75) is 57.2 Å². The number of hydrogen-bond donors (Lipinski definition) is 0.